The predicted molar refractivity (Wildman–Crippen MR) is 78.0 cm³/mol. The summed E-state index contributed by atoms with van der Waals surface area (Å²) in [5, 5.41) is 2.79. The maximum Gasteiger partial charge on any atom is 0.295 e. The first-order valence-electron chi connectivity index (χ1n) is 6.51. The molecule has 114 valence electrons. The Kier molecular flexibility index (Phi) is 4.64. The van der Waals surface area contributed by atoms with E-state index in [-0.39, 0.29) is 10.8 Å². The van der Waals surface area contributed by atoms with Crippen LogP contribution in [0.3, 0.4) is 0 Å². The average molecular weight is 312 g/mol. The molecule has 21 heavy (non-hydrogen) atoms. The molecule has 0 atom stereocenters. The summed E-state index contributed by atoms with van der Waals surface area (Å²) in [6, 6.07) is 7.27. The van der Waals surface area contributed by atoms with E-state index in [0.717, 1.165) is 6.54 Å². The first-order valence-corrected chi connectivity index (χ1v) is 7.99. The molecular formula is C14H17FN2O3S. The van der Waals surface area contributed by atoms with Gasteiger partial charge in [0.25, 0.3) is 10.0 Å². The summed E-state index contributed by atoms with van der Waals surface area (Å²) >= 11 is 0. The molecular weight excluding hydrogens is 295 g/mol. The summed E-state index contributed by atoms with van der Waals surface area (Å²) in [6.45, 7) is 4.74. The van der Waals surface area contributed by atoms with Gasteiger partial charge in [-0.2, -0.15) is 8.42 Å². The molecule has 0 saturated carbocycles. The Hall–Kier alpha value is -1.86. The molecule has 1 heterocycles. The number of aryl methyl sites for hydroxylation is 1. The van der Waals surface area contributed by atoms with E-state index >= 15 is 0 Å². The topological polar surface area (TPSA) is 71.3 Å². The molecule has 2 N–H and O–H groups in total. The summed E-state index contributed by atoms with van der Waals surface area (Å²) in [6.07, 6.45) is 0. The van der Waals surface area contributed by atoms with E-state index in [9.17, 15) is 12.8 Å². The van der Waals surface area contributed by atoms with E-state index in [0.29, 0.717) is 17.9 Å². The minimum atomic E-state index is -3.95. The highest BCUT2D eigenvalue weighted by atomic mass is 32.2. The lowest BCUT2D eigenvalue weighted by molar-refractivity contribution is 0.405. The molecule has 0 amide bonds. The summed E-state index contributed by atoms with van der Waals surface area (Å²) in [5.74, 6) is -0.125. The molecule has 5 nitrogen and oxygen atoms in total. The number of hydrogen-bond donors (Lipinski definition) is 2. The van der Waals surface area contributed by atoms with Crippen LogP contribution in [-0.2, 0) is 16.6 Å². The van der Waals surface area contributed by atoms with Crippen molar-refractivity contribution in [2.75, 3.05) is 11.3 Å². The lowest BCUT2D eigenvalue weighted by atomic mass is 10.2. The second kappa shape index (κ2) is 6.28. The normalized spacial score (nSPS) is 11.6. The van der Waals surface area contributed by atoms with Crippen molar-refractivity contribution < 1.29 is 17.2 Å². The molecule has 7 heteroatoms. The molecule has 0 radical (unpaired) electrons. The fourth-order valence-electron chi connectivity index (χ4n) is 1.79. The van der Waals surface area contributed by atoms with Gasteiger partial charge in [-0.3, -0.25) is 4.72 Å². The van der Waals surface area contributed by atoms with Gasteiger partial charge >= 0.3 is 0 Å². The zero-order valence-corrected chi connectivity index (χ0v) is 12.6. The molecule has 2 aromatic rings. The number of para-hydroxylation sites is 1. The lowest BCUT2D eigenvalue weighted by Crippen LogP contribution is -2.14. The Labute approximate surface area is 123 Å². The van der Waals surface area contributed by atoms with Crippen molar-refractivity contribution >= 4 is 15.7 Å². The Balaban J connectivity index is 2.24. The molecule has 0 aliphatic heterocycles. The van der Waals surface area contributed by atoms with Gasteiger partial charge in [-0.1, -0.05) is 19.1 Å². The number of sulfonamides is 1. The lowest BCUT2D eigenvalue weighted by Gasteiger charge is -2.09. The van der Waals surface area contributed by atoms with Crippen molar-refractivity contribution in [3.63, 3.8) is 0 Å². The van der Waals surface area contributed by atoms with E-state index < -0.39 is 15.8 Å². The van der Waals surface area contributed by atoms with Gasteiger partial charge in [0, 0.05) is 0 Å². The van der Waals surface area contributed by atoms with Crippen LogP contribution in [0, 0.1) is 12.7 Å². The second-order valence-electron chi connectivity index (χ2n) is 4.54. The third-order valence-corrected chi connectivity index (χ3v) is 4.13. The van der Waals surface area contributed by atoms with Crippen LogP contribution in [0.4, 0.5) is 10.1 Å². The minimum Gasteiger partial charge on any atom is -0.446 e. The van der Waals surface area contributed by atoms with Crippen LogP contribution in [0.25, 0.3) is 0 Å². The van der Waals surface area contributed by atoms with Crippen molar-refractivity contribution in [1.29, 1.82) is 0 Å². The Morgan fingerprint density at radius 3 is 2.67 bits per heavy atom. The number of rotatable bonds is 6. The standard InChI is InChI=1S/C14H17FN2O3S/c1-3-16-9-11-7-8-13(20-11)21(18,19)17-14-10(2)5-4-6-12(14)15/h4-8,16-17H,3,9H2,1-2H3. The first-order chi connectivity index (χ1) is 9.94. The van der Waals surface area contributed by atoms with Crippen molar-refractivity contribution in [3.8, 4) is 0 Å². The number of anilines is 1. The van der Waals surface area contributed by atoms with Gasteiger partial charge in [0.2, 0.25) is 5.09 Å². The number of furan rings is 1. The van der Waals surface area contributed by atoms with Gasteiger partial charge in [-0.25, -0.2) is 4.39 Å². The maximum atomic E-state index is 13.7. The molecule has 0 spiro atoms. The summed E-state index contributed by atoms with van der Waals surface area (Å²) in [5.41, 5.74) is 0.431. The number of hydrogen-bond acceptors (Lipinski definition) is 4. The molecule has 0 bridgehead atoms. The van der Waals surface area contributed by atoms with Gasteiger partial charge in [0.15, 0.2) is 0 Å². The second-order valence-corrected chi connectivity index (χ2v) is 6.15. The van der Waals surface area contributed by atoms with Crippen LogP contribution in [0.5, 0.6) is 0 Å². The van der Waals surface area contributed by atoms with Crippen molar-refractivity contribution in [2.45, 2.75) is 25.5 Å². The Bertz CT molecular complexity index is 705. The van der Waals surface area contributed by atoms with Crippen LogP contribution in [-0.4, -0.2) is 15.0 Å². The third kappa shape index (κ3) is 3.62. The minimum absolute atomic E-state index is 0.0675. The number of nitrogens with one attached hydrogen (secondary N) is 2. The average Bonchev–Trinajstić information content (AvgIpc) is 2.90. The molecule has 0 fully saturated rings. The van der Waals surface area contributed by atoms with Gasteiger partial charge < -0.3 is 9.73 Å². The molecule has 0 aliphatic rings. The highest BCUT2D eigenvalue weighted by Gasteiger charge is 2.21. The maximum absolute atomic E-state index is 13.7. The van der Waals surface area contributed by atoms with Crippen molar-refractivity contribution in [2.24, 2.45) is 0 Å². The number of halogens is 1. The fourth-order valence-corrected chi connectivity index (χ4v) is 2.88. The van der Waals surface area contributed by atoms with E-state index in [1.165, 1.54) is 18.2 Å². The van der Waals surface area contributed by atoms with E-state index in [1.807, 2.05) is 6.92 Å². The zero-order valence-electron chi connectivity index (χ0n) is 11.8. The van der Waals surface area contributed by atoms with E-state index in [2.05, 4.69) is 10.0 Å². The molecule has 2 rings (SSSR count). The summed E-state index contributed by atoms with van der Waals surface area (Å²) in [7, 11) is -3.95. The fraction of sp³-hybridized carbons (Fsp3) is 0.286. The zero-order chi connectivity index (χ0) is 15.5. The Morgan fingerprint density at radius 2 is 2.00 bits per heavy atom. The van der Waals surface area contributed by atoms with Crippen LogP contribution >= 0.6 is 0 Å². The molecule has 0 saturated heterocycles. The highest BCUT2D eigenvalue weighted by molar-refractivity contribution is 7.92. The Morgan fingerprint density at radius 1 is 1.24 bits per heavy atom. The van der Waals surface area contributed by atoms with Crippen LogP contribution < -0.4 is 10.0 Å². The number of benzene rings is 1. The van der Waals surface area contributed by atoms with Crippen molar-refractivity contribution in [1.82, 2.24) is 5.32 Å². The van der Waals surface area contributed by atoms with E-state index in [4.69, 9.17) is 4.42 Å². The highest BCUT2D eigenvalue weighted by Crippen LogP contribution is 2.23. The predicted octanol–water partition coefficient (Wildman–Crippen LogP) is 2.64. The van der Waals surface area contributed by atoms with Gasteiger partial charge in [0.05, 0.1) is 12.2 Å². The SMILES string of the molecule is CCNCc1ccc(S(=O)(=O)Nc2c(C)cccc2F)o1. The van der Waals surface area contributed by atoms with Gasteiger partial charge in [-0.15, -0.1) is 0 Å². The molecule has 0 unspecified atom stereocenters. The molecule has 0 aliphatic carbocycles. The van der Waals surface area contributed by atoms with Crippen LogP contribution in [0.1, 0.15) is 18.2 Å². The van der Waals surface area contributed by atoms with Crippen molar-refractivity contribution in [3.05, 3.63) is 47.5 Å². The quantitative estimate of drug-likeness (QED) is 0.860. The van der Waals surface area contributed by atoms with Gasteiger partial charge in [0.1, 0.15) is 11.6 Å². The van der Waals surface area contributed by atoms with E-state index in [1.54, 1.807) is 19.1 Å². The smallest absolute Gasteiger partial charge is 0.295 e. The van der Waals surface area contributed by atoms with Crippen LogP contribution in [0.2, 0.25) is 0 Å². The summed E-state index contributed by atoms with van der Waals surface area (Å²) in [4.78, 5) is 0. The molecule has 1 aromatic heterocycles. The first kappa shape index (κ1) is 15.5. The monoisotopic (exact) mass is 312 g/mol. The largest absolute Gasteiger partial charge is 0.446 e. The van der Waals surface area contributed by atoms with Crippen LogP contribution in [0.15, 0.2) is 39.8 Å². The molecule has 1 aromatic carbocycles. The van der Waals surface area contributed by atoms with Gasteiger partial charge in [-0.05, 0) is 37.2 Å². The third-order valence-electron chi connectivity index (χ3n) is 2.91. The summed E-state index contributed by atoms with van der Waals surface area (Å²) < 4.78 is 45.6.